The van der Waals surface area contributed by atoms with E-state index in [4.69, 9.17) is 26.1 Å². The quantitative estimate of drug-likeness (QED) is 0.0941. The number of hydrogen-bond donors (Lipinski definition) is 1. The number of methoxy groups -OCH3 is 2. The van der Waals surface area contributed by atoms with E-state index in [0.717, 1.165) is 40.5 Å². The van der Waals surface area contributed by atoms with Crippen LogP contribution in [-0.2, 0) is 16.1 Å². The van der Waals surface area contributed by atoms with Crippen LogP contribution < -0.4 is 14.8 Å². The van der Waals surface area contributed by atoms with Crippen molar-refractivity contribution in [3.05, 3.63) is 87.5 Å². The Morgan fingerprint density at radius 2 is 1.80 bits per heavy atom. The molecule has 1 aliphatic carbocycles. The number of amides is 2. The van der Waals surface area contributed by atoms with Crippen LogP contribution in [0, 0.1) is 19.8 Å². The van der Waals surface area contributed by atoms with Crippen LogP contribution in [-0.4, -0.2) is 57.7 Å². The number of ether oxygens (including phenoxy) is 2. The first kappa shape index (κ1) is 33.4. The van der Waals surface area contributed by atoms with Gasteiger partial charge in [0, 0.05) is 33.4 Å². The number of nitrogens with one attached hydrogen (secondary N) is 1. The third kappa shape index (κ3) is 8.45. The van der Waals surface area contributed by atoms with Gasteiger partial charge < -0.3 is 19.7 Å². The maximum Gasteiger partial charge on any atom is 0.247 e. The molecule has 2 atom stereocenters. The van der Waals surface area contributed by atoms with E-state index in [0.29, 0.717) is 33.8 Å². The number of nitrogens with zero attached hydrogens (tertiary/aromatic N) is 4. The second kappa shape index (κ2) is 15.6. The van der Waals surface area contributed by atoms with Gasteiger partial charge in [0.15, 0.2) is 5.16 Å². The highest BCUT2D eigenvalue weighted by Gasteiger charge is 2.37. The molecule has 0 bridgehead atoms. The lowest BCUT2D eigenvalue weighted by Gasteiger charge is -2.36. The Bertz CT molecular complexity index is 1690. The van der Waals surface area contributed by atoms with Crippen LogP contribution in [0.3, 0.4) is 0 Å². The van der Waals surface area contributed by atoms with Crippen molar-refractivity contribution in [2.45, 2.75) is 50.9 Å². The molecule has 0 spiro atoms. The Kier molecular flexibility index (Phi) is 11.3. The van der Waals surface area contributed by atoms with E-state index in [9.17, 15) is 9.59 Å². The van der Waals surface area contributed by atoms with Gasteiger partial charge >= 0.3 is 0 Å². The Morgan fingerprint density at radius 1 is 1.04 bits per heavy atom. The summed E-state index contributed by atoms with van der Waals surface area (Å²) in [4.78, 5) is 44.1. The molecule has 0 radical (unpaired) electrons. The lowest BCUT2D eigenvalue weighted by molar-refractivity contribution is -0.139. The van der Waals surface area contributed by atoms with Gasteiger partial charge in [0.1, 0.15) is 22.5 Å². The van der Waals surface area contributed by atoms with Crippen molar-refractivity contribution in [3.63, 3.8) is 0 Å². The molecule has 1 N–H and O–H groups in total. The standard InChI is InChI=1S/C34H36ClN5O4S2/c1-21-16-22(2)37-34(36-21)46-20-31(41)40(18-30-38-28(19-45-30)23-10-12-25(35)13-11-23)32(24-8-6-5-7-9-24)33(42)39-27-15-14-26(43-3)17-29(27)44-4/h5-6,10-17,19,24,32H,7-9,18,20H2,1-4H3,(H,39,42). The molecule has 2 amide bonds. The Morgan fingerprint density at radius 3 is 2.48 bits per heavy atom. The second-order valence-electron chi connectivity index (χ2n) is 10.9. The predicted molar refractivity (Wildman–Crippen MR) is 184 cm³/mol. The molecule has 0 aliphatic heterocycles. The van der Waals surface area contributed by atoms with Crippen molar-refractivity contribution in [2.75, 3.05) is 25.3 Å². The summed E-state index contributed by atoms with van der Waals surface area (Å²) in [5, 5.41) is 6.90. The average Bonchev–Trinajstić information content (AvgIpc) is 3.52. The maximum atomic E-state index is 14.3. The Labute approximate surface area is 282 Å². The summed E-state index contributed by atoms with van der Waals surface area (Å²) in [5.41, 5.74) is 3.86. The van der Waals surface area contributed by atoms with Crippen LogP contribution in [0.2, 0.25) is 5.02 Å². The molecule has 0 saturated heterocycles. The smallest absolute Gasteiger partial charge is 0.247 e. The van der Waals surface area contributed by atoms with E-state index >= 15 is 0 Å². The minimum atomic E-state index is -0.770. The van der Waals surface area contributed by atoms with E-state index in [2.05, 4.69) is 27.4 Å². The molecule has 2 aromatic heterocycles. The highest BCUT2D eigenvalue weighted by atomic mass is 35.5. The van der Waals surface area contributed by atoms with Gasteiger partial charge in [0.2, 0.25) is 11.8 Å². The number of benzene rings is 2. The minimum Gasteiger partial charge on any atom is -0.497 e. The average molecular weight is 678 g/mol. The van der Waals surface area contributed by atoms with E-state index in [1.165, 1.54) is 30.2 Å². The highest BCUT2D eigenvalue weighted by Crippen LogP contribution is 2.33. The first-order valence-electron chi connectivity index (χ1n) is 14.9. The summed E-state index contributed by atoms with van der Waals surface area (Å²) >= 11 is 8.82. The van der Waals surface area contributed by atoms with Gasteiger partial charge in [0.25, 0.3) is 0 Å². The lowest BCUT2D eigenvalue weighted by Crippen LogP contribution is -2.51. The van der Waals surface area contributed by atoms with Gasteiger partial charge in [0.05, 0.1) is 37.9 Å². The third-order valence-corrected chi connectivity index (χ3v) is 9.55. The zero-order valence-electron chi connectivity index (χ0n) is 26.2. The summed E-state index contributed by atoms with van der Waals surface area (Å²) in [6.45, 7) is 3.97. The number of anilines is 1. The fourth-order valence-corrected chi connectivity index (χ4v) is 7.18. The molecular weight excluding hydrogens is 642 g/mol. The molecule has 12 heteroatoms. The molecule has 0 saturated carbocycles. The summed E-state index contributed by atoms with van der Waals surface area (Å²) in [5.74, 6) is 0.536. The molecule has 2 heterocycles. The zero-order valence-corrected chi connectivity index (χ0v) is 28.5. The van der Waals surface area contributed by atoms with Crippen LogP contribution in [0.1, 0.15) is 35.7 Å². The van der Waals surface area contributed by atoms with Crippen molar-refractivity contribution in [2.24, 2.45) is 5.92 Å². The highest BCUT2D eigenvalue weighted by molar-refractivity contribution is 7.99. The van der Waals surface area contributed by atoms with Crippen LogP contribution in [0.15, 0.2) is 71.2 Å². The number of halogens is 1. The summed E-state index contributed by atoms with van der Waals surface area (Å²) in [6.07, 6.45) is 6.47. The first-order valence-corrected chi connectivity index (χ1v) is 17.1. The predicted octanol–water partition coefficient (Wildman–Crippen LogP) is 7.37. The van der Waals surface area contributed by atoms with Gasteiger partial charge in [-0.2, -0.15) is 0 Å². The van der Waals surface area contributed by atoms with Gasteiger partial charge in [-0.25, -0.2) is 15.0 Å². The molecule has 1 aliphatic rings. The Hall–Kier alpha value is -3.93. The number of aromatic nitrogens is 3. The van der Waals surface area contributed by atoms with Gasteiger partial charge in [-0.15, -0.1) is 11.3 Å². The van der Waals surface area contributed by atoms with Crippen molar-refractivity contribution in [1.29, 1.82) is 0 Å². The topological polar surface area (TPSA) is 107 Å². The van der Waals surface area contributed by atoms with Crippen molar-refractivity contribution in [1.82, 2.24) is 19.9 Å². The summed E-state index contributed by atoms with van der Waals surface area (Å²) in [7, 11) is 3.11. The normalized spacial score (nSPS) is 14.8. The number of rotatable bonds is 12. The number of hydrogen-bond acceptors (Lipinski definition) is 9. The van der Waals surface area contributed by atoms with Gasteiger partial charge in [-0.3, -0.25) is 9.59 Å². The number of allylic oxidation sites excluding steroid dienone is 2. The molecule has 2 aromatic carbocycles. The molecular formula is C34H36ClN5O4S2. The number of carbonyl (C=O) groups excluding carboxylic acids is 2. The summed E-state index contributed by atoms with van der Waals surface area (Å²) in [6, 6.07) is 13.8. The van der Waals surface area contributed by atoms with E-state index < -0.39 is 6.04 Å². The van der Waals surface area contributed by atoms with Crippen LogP contribution in [0.5, 0.6) is 11.5 Å². The van der Waals surface area contributed by atoms with E-state index in [1.54, 1.807) is 30.2 Å². The number of thioether (sulfide) groups is 1. The fraction of sp³-hybridized carbons (Fsp3) is 0.324. The maximum absolute atomic E-state index is 14.3. The van der Waals surface area contributed by atoms with Crippen molar-refractivity contribution < 1.29 is 19.1 Å². The molecule has 2 unspecified atom stereocenters. The molecule has 240 valence electrons. The fourth-order valence-electron chi connectivity index (χ4n) is 5.41. The van der Waals surface area contributed by atoms with E-state index in [1.807, 2.05) is 49.6 Å². The molecule has 5 rings (SSSR count). The largest absolute Gasteiger partial charge is 0.497 e. The Balaban J connectivity index is 1.48. The third-order valence-electron chi connectivity index (χ3n) is 7.63. The molecule has 46 heavy (non-hydrogen) atoms. The number of carbonyl (C=O) groups is 2. The zero-order chi connectivity index (χ0) is 32.6. The number of aryl methyl sites for hydroxylation is 2. The minimum absolute atomic E-state index is 0.0660. The second-order valence-corrected chi connectivity index (χ2v) is 13.2. The first-order chi connectivity index (χ1) is 22.2. The van der Waals surface area contributed by atoms with Crippen molar-refractivity contribution >= 4 is 52.2 Å². The van der Waals surface area contributed by atoms with Gasteiger partial charge in [-0.05, 0) is 69.4 Å². The molecule has 9 nitrogen and oxygen atoms in total. The van der Waals surface area contributed by atoms with Gasteiger partial charge in [-0.1, -0.05) is 47.6 Å². The molecule has 0 fully saturated rings. The lowest BCUT2D eigenvalue weighted by atomic mass is 9.86. The van der Waals surface area contributed by atoms with Crippen LogP contribution >= 0.6 is 34.7 Å². The van der Waals surface area contributed by atoms with E-state index in [-0.39, 0.29) is 30.0 Å². The SMILES string of the molecule is COc1ccc(NC(=O)C(C2CC=CCC2)N(Cc2nc(-c3ccc(Cl)cc3)cs2)C(=O)CSc2nc(C)cc(C)n2)c(OC)c1. The van der Waals surface area contributed by atoms with Crippen molar-refractivity contribution in [3.8, 4) is 22.8 Å². The summed E-state index contributed by atoms with van der Waals surface area (Å²) < 4.78 is 10.9. The van der Waals surface area contributed by atoms with Crippen LogP contribution in [0.4, 0.5) is 5.69 Å². The number of thiazole rings is 1. The molecule has 4 aromatic rings. The van der Waals surface area contributed by atoms with Crippen LogP contribution in [0.25, 0.3) is 11.3 Å². The monoisotopic (exact) mass is 677 g/mol.